The molecule has 0 aliphatic rings. The number of benzene rings is 1. The fourth-order valence-electron chi connectivity index (χ4n) is 2.06. The summed E-state index contributed by atoms with van der Waals surface area (Å²) < 4.78 is 0. The van der Waals surface area contributed by atoms with Crippen molar-refractivity contribution in [1.29, 1.82) is 0 Å². The molecule has 0 atom stereocenters. The Morgan fingerprint density at radius 3 is 2.63 bits per heavy atom. The monoisotopic (exact) mass is 257 g/mol. The maximum absolute atomic E-state index is 12.5. The van der Waals surface area contributed by atoms with E-state index in [1.54, 1.807) is 6.20 Å². The highest BCUT2D eigenvalue weighted by molar-refractivity contribution is 5.94. The summed E-state index contributed by atoms with van der Waals surface area (Å²) in [4.78, 5) is 14.4. The third-order valence-electron chi connectivity index (χ3n) is 3.06. The van der Waals surface area contributed by atoms with Crippen LogP contribution in [0.3, 0.4) is 0 Å². The predicted molar refractivity (Wildman–Crippen MR) is 74.8 cm³/mol. The van der Waals surface area contributed by atoms with Crippen LogP contribution in [0, 0.1) is 6.92 Å². The average Bonchev–Trinajstić information content (AvgIpc) is 2.85. The second-order valence-electron chi connectivity index (χ2n) is 4.62. The lowest BCUT2D eigenvalue weighted by Crippen LogP contribution is -2.31. The van der Waals surface area contributed by atoms with E-state index in [1.165, 1.54) is 0 Å². The maximum atomic E-state index is 12.5. The Labute approximate surface area is 113 Å². The minimum Gasteiger partial charge on any atom is -0.334 e. The molecule has 0 bridgehead atoms. The van der Waals surface area contributed by atoms with Crippen molar-refractivity contribution >= 4 is 5.91 Å². The molecule has 1 aromatic carbocycles. The normalized spacial score (nSPS) is 10.4. The molecule has 0 spiro atoms. The molecule has 0 aliphatic carbocycles. The minimum absolute atomic E-state index is 0.0388. The zero-order chi connectivity index (χ0) is 13.7. The van der Waals surface area contributed by atoms with E-state index in [0.717, 1.165) is 24.2 Å². The molecule has 4 nitrogen and oxygen atoms in total. The molecule has 1 N–H and O–H groups in total. The van der Waals surface area contributed by atoms with E-state index >= 15 is 0 Å². The first-order chi connectivity index (χ1) is 9.22. The van der Waals surface area contributed by atoms with Gasteiger partial charge >= 0.3 is 0 Å². The van der Waals surface area contributed by atoms with Crippen molar-refractivity contribution in [2.45, 2.75) is 26.8 Å². The Kier molecular flexibility index (Phi) is 4.34. The molecule has 1 amide bonds. The van der Waals surface area contributed by atoms with Gasteiger partial charge in [-0.1, -0.05) is 37.3 Å². The zero-order valence-electron chi connectivity index (χ0n) is 11.4. The summed E-state index contributed by atoms with van der Waals surface area (Å²) in [6.07, 6.45) is 2.54. The summed E-state index contributed by atoms with van der Waals surface area (Å²) in [6, 6.07) is 10.0. The lowest BCUT2D eigenvalue weighted by Gasteiger charge is -2.22. The molecule has 0 saturated carbocycles. The lowest BCUT2D eigenvalue weighted by molar-refractivity contribution is 0.0742. The smallest absolute Gasteiger partial charge is 0.257 e. The van der Waals surface area contributed by atoms with E-state index in [-0.39, 0.29) is 5.91 Å². The highest BCUT2D eigenvalue weighted by Gasteiger charge is 2.18. The molecule has 4 heteroatoms. The third kappa shape index (κ3) is 3.22. The number of rotatable bonds is 5. The molecule has 0 radical (unpaired) electrons. The van der Waals surface area contributed by atoms with E-state index in [1.807, 2.05) is 42.2 Å². The summed E-state index contributed by atoms with van der Waals surface area (Å²) in [5.74, 6) is 0.0388. The van der Waals surface area contributed by atoms with Crippen LogP contribution in [0.15, 0.2) is 36.5 Å². The predicted octanol–water partition coefficient (Wildman–Crippen LogP) is 2.77. The average molecular weight is 257 g/mol. The summed E-state index contributed by atoms with van der Waals surface area (Å²) in [7, 11) is 0. The third-order valence-corrected chi connectivity index (χ3v) is 3.06. The molecule has 0 fully saturated rings. The van der Waals surface area contributed by atoms with Crippen LogP contribution in [-0.4, -0.2) is 27.5 Å². The van der Waals surface area contributed by atoms with E-state index in [9.17, 15) is 4.79 Å². The molecule has 1 heterocycles. The number of H-pyrrole nitrogens is 1. The number of nitrogens with one attached hydrogen (secondary N) is 1. The van der Waals surface area contributed by atoms with Crippen molar-refractivity contribution < 1.29 is 4.79 Å². The van der Waals surface area contributed by atoms with Crippen LogP contribution in [-0.2, 0) is 6.54 Å². The summed E-state index contributed by atoms with van der Waals surface area (Å²) >= 11 is 0. The van der Waals surface area contributed by atoms with Crippen molar-refractivity contribution in [3.63, 3.8) is 0 Å². The van der Waals surface area contributed by atoms with Crippen LogP contribution in [0.25, 0.3) is 0 Å². The van der Waals surface area contributed by atoms with Gasteiger partial charge in [0.2, 0.25) is 0 Å². The Balaban J connectivity index is 2.16. The van der Waals surface area contributed by atoms with Gasteiger partial charge in [0.25, 0.3) is 5.91 Å². The van der Waals surface area contributed by atoms with Crippen LogP contribution in [0.2, 0.25) is 0 Å². The summed E-state index contributed by atoms with van der Waals surface area (Å²) in [5, 5.41) is 6.73. The highest BCUT2D eigenvalue weighted by atomic mass is 16.2. The fraction of sp³-hybridized carbons (Fsp3) is 0.333. The van der Waals surface area contributed by atoms with E-state index in [0.29, 0.717) is 12.1 Å². The first-order valence-corrected chi connectivity index (χ1v) is 6.55. The van der Waals surface area contributed by atoms with Gasteiger partial charge in [0.1, 0.15) is 0 Å². The van der Waals surface area contributed by atoms with Crippen molar-refractivity contribution in [2.75, 3.05) is 6.54 Å². The van der Waals surface area contributed by atoms with Gasteiger partial charge in [0, 0.05) is 18.8 Å². The molecule has 1 aromatic heterocycles. The Bertz CT molecular complexity index is 533. The van der Waals surface area contributed by atoms with Crippen LogP contribution in [0.1, 0.15) is 35.0 Å². The molecule has 19 heavy (non-hydrogen) atoms. The van der Waals surface area contributed by atoms with Gasteiger partial charge < -0.3 is 4.90 Å². The quantitative estimate of drug-likeness (QED) is 0.895. The summed E-state index contributed by atoms with van der Waals surface area (Å²) in [6.45, 7) is 5.33. The number of carbonyl (C=O) groups is 1. The molecule has 100 valence electrons. The highest BCUT2D eigenvalue weighted by Crippen LogP contribution is 2.12. The largest absolute Gasteiger partial charge is 0.334 e. The van der Waals surface area contributed by atoms with Crippen LogP contribution < -0.4 is 0 Å². The number of hydrogen-bond acceptors (Lipinski definition) is 2. The van der Waals surface area contributed by atoms with Crippen molar-refractivity contribution in [3.8, 4) is 0 Å². The Morgan fingerprint density at radius 1 is 1.32 bits per heavy atom. The van der Waals surface area contributed by atoms with Crippen LogP contribution in [0.4, 0.5) is 0 Å². The molecule has 2 rings (SSSR count). The fourth-order valence-corrected chi connectivity index (χ4v) is 2.06. The number of aromatic amines is 1. The molecule has 0 aliphatic heterocycles. The lowest BCUT2D eigenvalue weighted by atomic mass is 10.1. The number of aryl methyl sites for hydroxylation is 1. The Morgan fingerprint density at radius 2 is 2.05 bits per heavy atom. The standard InChI is InChI=1S/C15H19N3O/c1-3-9-18(11-13-7-5-4-6-8-13)15(19)14-10-16-17-12(14)2/h4-8,10H,3,9,11H2,1-2H3,(H,16,17). The molecular formula is C15H19N3O. The van der Waals surface area contributed by atoms with Crippen LogP contribution >= 0.6 is 0 Å². The van der Waals surface area contributed by atoms with Gasteiger partial charge in [-0.3, -0.25) is 9.89 Å². The van der Waals surface area contributed by atoms with Gasteiger partial charge in [-0.15, -0.1) is 0 Å². The molecule has 2 aromatic rings. The first kappa shape index (κ1) is 13.3. The van der Waals surface area contributed by atoms with Crippen molar-refractivity contribution in [3.05, 3.63) is 53.3 Å². The second kappa shape index (κ2) is 6.18. The van der Waals surface area contributed by atoms with E-state index < -0.39 is 0 Å². The number of hydrogen-bond donors (Lipinski definition) is 1. The van der Waals surface area contributed by atoms with E-state index in [4.69, 9.17) is 0 Å². The summed E-state index contributed by atoms with van der Waals surface area (Å²) in [5.41, 5.74) is 2.62. The number of nitrogens with zero attached hydrogens (tertiary/aromatic N) is 2. The van der Waals surface area contributed by atoms with Crippen LogP contribution in [0.5, 0.6) is 0 Å². The molecule has 0 unspecified atom stereocenters. The number of aromatic nitrogens is 2. The van der Waals surface area contributed by atoms with Gasteiger partial charge in [-0.2, -0.15) is 5.10 Å². The second-order valence-corrected chi connectivity index (χ2v) is 4.62. The molecular weight excluding hydrogens is 238 g/mol. The maximum Gasteiger partial charge on any atom is 0.257 e. The van der Waals surface area contributed by atoms with Gasteiger partial charge in [0.15, 0.2) is 0 Å². The van der Waals surface area contributed by atoms with Gasteiger partial charge in [0.05, 0.1) is 11.8 Å². The minimum atomic E-state index is 0.0388. The SMILES string of the molecule is CCCN(Cc1ccccc1)C(=O)c1cn[nH]c1C. The van der Waals surface area contributed by atoms with Gasteiger partial charge in [-0.05, 0) is 18.9 Å². The zero-order valence-corrected chi connectivity index (χ0v) is 11.4. The van der Waals surface area contributed by atoms with Crippen molar-refractivity contribution in [2.24, 2.45) is 0 Å². The molecule has 0 saturated heterocycles. The van der Waals surface area contributed by atoms with Gasteiger partial charge in [-0.25, -0.2) is 0 Å². The number of amides is 1. The number of carbonyl (C=O) groups excluding carboxylic acids is 1. The first-order valence-electron chi connectivity index (χ1n) is 6.55. The Hall–Kier alpha value is -2.10. The van der Waals surface area contributed by atoms with E-state index in [2.05, 4.69) is 17.1 Å². The topological polar surface area (TPSA) is 49.0 Å². The van der Waals surface area contributed by atoms with Crippen molar-refractivity contribution in [1.82, 2.24) is 15.1 Å².